The molecule has 1 aromatic rings. The van der Waals surface area contributed by atoms with E-state index in [1.54, 1.807) is 0 Å². The Labute approximate surface area is 108 Å². The van der Waals surface area contributed by atoms with E-state index in [0.717, 1.165) is 19.4 Å². The van der Waals surface area contributed by atoms with Gasteiger partial charge in [0.15, 0.2) is 0 Å². The largest absolute Gasteiger partial charge is 0.320 e. The normalized spacial score (nSPS) is 21.7. The molecule has 0 aliphatic heterocycles. The third-order valence-corrected chi connectivity index (χ3v) is 5.62. The van der Waals surface area contributed by atoms with E-state index < -0.39 is 0 Å². The highest BCUT2D eigenvalue weighted by Crippen LogP contribution is 2.73. The molecule has 1 aliphatic carbocycles. The third kappa shape index (κ3) is 2.13. The average molecular weight is 253 g/mol. The quantitative estimate of drug-likeness (QED) is 0.820. The number of rotatable bonds is 5. The molecule has 0 unspecified atom stereocenters. The van der Waals surface area contributed by atoms with Crippen LogP contribution in [0.5, 0.6) is 0 Å². The summed E-state index contributed by atoms with van der Waals surface area (Å²) < 4.78 is 0. The second kappa shape index (κ2) is 4.32. The molecule has 1 fully saturated rings. The lowest BCUT2D eigenvalue weighted by Crippen LogP contribution is -2.08. The maximum atomic E-state index is 4.40. The van der Waals surface area contributed by atoms with E-state index in [4.69, 9.17) is 0 Å². The van der Waals surface area contributed by atoms with Crippen LogP contribution in [0.15, 0.2) is 0 Å². The minimum Gasteiger partial charge on any atom is -0.320 e. The van der Waals surface area contributed by atoms with Crippen LogP contribution in [0.25, 0.3) is 0 Å². The van der Waals surface area contributed by atoms with E-state index in [9.17, 15) is 0 Å². The summed E-state index contributed by atoms with van der Waals surface area (Å²) in [6.45, 7) is 10.4. The minimum absolute atomic E-state index is 0.370. The van der Waals surface area contributed by atoms with E-state index in [-0.39, 0.29) is 0 Å². The van der Waals surface area contributed by atoms with Gasteiger partial charge in [0.05, 0.1) is 0 Å². The summed E-state index contributed by atoms with van der Waals surface area (Å²) in [6.07, 6.45) is 2.19. The standard InChI is InChI=1S/C13H23N3S/c1-12(2)10(13(12,3)4)11-16-15-9(17-11)7-6-8-14-5/h10,14H,6-8H2,1-5H3. The lowest BCUT2D eigenvalue weighted by molar-refractivity contribution is 0.457. The van der Waals surface area contributed by atoms with Gasteiger partial charge in [0.25, 0.3) is 0 Å². The van der Waals surface area contributed by atoms with Gasteiger partial charge in [0, 0.05) is 12.3 Å². The molecule has 0 saturated heterocycles. The molecule has 96 valence electrons. The van der Waals surface area contributed by atoms with Crippen molar-refractivity contribution < 1.29 is 0 Å². The van der Waals surface area contributed by atoms with Gasteiger partial charge in [0.2, 0.25) is 0 Å². The lowest BCUT2D eigenvalue weighted by atomic mass is 10.0. The highest BCUT2D eigenvalue weighted by molar-refractivity contribution is 7.11. The van der Waals surface area contributed by atoms with Crippen molar-refractivity contribution in [1.29, 1.82) is 0 Å². The summed E-state index contributed by atoms with van der Waals surface area (Å²) in [5, 5.41) is 14.3. The van der Waals surface area contributed by atoms with Crippen molar-refractivity contribution in [2.45, 2.75) is 46.5 Å². The molecule has 17 heavy (non-hydrogen) atoms. The highest BCUT2D eigenvalue weighted by Gasteiger charge is 2.66. The van der Waals surface area contributed by atoms with Crippen LogP contribution in [-0.2, 0) is 6.42 Å². The first-order chi connectivity index (χ1) is 7.91. The molecule has 1 saturated carbocycles. The Balaban J connectivity index is 2.00. The molecule has 0 radical (unpaired) electrons. The Morgan fingerprint density at radius 1 is 1.18 bits per heavy atom. The van der Waals surface area contributed by atoms with Crippen LogP contribution < -0.4 is 5.32 Å². The summed E-state index contributed by atoms with van der Waals surface area (Å²) >= 11 is 1.81. The summed E-state index contributed by atoms with van der Waals surface area (Å²) in [5.41, 5.74) is 0.740. The molecule has 1 aliphatic rings. The van der Waals surface area contributed by atoms with Gasteiger partial charge in [-0.2, -0.15) is 0 Å². The van der Waals surface area contributed by atoms with E-state index >= 15 is 0 Å². The van der Waals surface area contributed by atoms with Crippen molar-refractivity contribution in [2.24, 2.45) is 10.8 Å². The molecule has 0 amide bonds. The van der Waals surface area contributed by atoms with Crippen LogP contribution >= 0.6 is 11.3 Å². The second-order valence-corrected chi connectivity index (χ2v) is 7.21. The van der Waals surface area contributed by atoms with E-state index in [0.29, 0.717) is 16.7 Å². The lowest BCUT2D eigenvalue weighted by Gasteiger charge is -2.03. The molecular weight excluding hydrogens is 230 g/mol. The molecule has 0 aromatic carbocycles. The second-order valence-electron chi connectivity index (χ2n) is 6.12. The predicted octanol–water partition coefficient (Wildman–Crippen LogP) is 2.84. The van der Waals surface area contributed by atoms with Crippen molar-refractivity contribution in [2.75, 3.05) is 13.6 Å². The van der Waals surface area contributed by atoms with Gasteiger partial charge in [-0.05, 0) is 30.8 Å². The molecule has 1 heterocycles. The SMILES string of the molecule is CNCCCc1nnc(C2C(C)(C)C2(C)C)s1. The Morgan fingerprint density at radius 2 is 1.82 bits per heavy atom. The summed E-state index contributed by atoms with van der Waals surface area (Å²) in [7, 11) is 1.99. The van der Waals surface area contributed by atoms with Crippen LogP contribution in [0, 0.1) is 10.8 Å². The highest BCUT2D eigenvalue weighted by atomic mass is 32.1. The fourth-order valence-electron chi connectivity index (χ4n) is 2.71. The molecule has 2 rings (SSSR count). The molecule has 3 nitrogen and oxygen atoms in total. The fraction of sp³-hybridized carbons (Fsp3) is 0.846. The van der Waals surface area contributed by atoms with Gasteiger partial charge in [-0.3, -0.25) is 0 Å². The Morgan fingerprint density at radius 3 is 2.35 bits per heavy atom. The zero-order valence-corrected chi connectivity index (χ0v) is 12.3. The van der Waals surface area contributed by atoms with Gasteiger partial charge < -0.3 is 5.32 Å². The van der Waals surface area contributed by atoms with Crippen molar-refractivity contribution >= 4 is 11.3 Å². The number of nitrogens with one attached hydrogen (secondary N) is 1. The number of hydrogen-bond acceptors (Lipinski definition) is 4. The number of aromatic nitrogens is 2. The molecule has 0 spiro atoms. The molecule has 4 heteroatoms. The number of nitrogens with zero attached hydrogens (tertiary/aromatic N) is 2. The predicted molar refractivity (Wildman–Crippen MR) is 72.5 cm³/mol. The van der Waals surface area contributed by atoms with Gasteiger partial charge >= 0.3 is 0 Å². The summed E-state index contributed by atoms with van der Waals surface area (Å²) in [5.74, 6) is 0.588. The van der Waals surface area contributed by atoms with Gasteiger partial charge in [0.1, 0.15) is 10.0 Å². The van der Waals surface area contributed by atoms with Crippen LogP contribution in [0.2, 0.25) is 0 Å². The van der Waals surface area contributed by atoms with Crippen LogP contribution in [0.3, 0.4) is 0 Å². The van der Waals surface area contributed by atoms with Crippen molar-refractivity contribution in [3.63, 3.8) is 0 Å². The molecule has 0 atom stereocenters. The van der Waals surface area contributed by atoms with Gasteiger partial charge in [-0.25, -0.2) is 0 Å². The van der Waals surface area contributed by atoms with Gasteiger partial charge in [-0.15, -0.1) is 21.5 Å². The van der Waals surface area contributed by atoms with Gasteiger partial charge in [-0.1, -0.05) is 27.7 Å². The smallest absolute Gasteiger partial charge is 0.121 e. The molecular formula is C13H23N3S. The minimum atomic E-state index is 0.370. The first-order valence-electron chi connectivity index (χ1n) is 6.38. The Bertz CT molecular complexity index is 381. The van der Waals surface area contributed by atoms with Crippen molar-refractivity contribution in [1.82, 2.24) is 15.5 Å². The number of hydrogen-bond donors (Lipinski definition) is 1. The molecule has 1 N–H and O–H groups in total. The van der Waals surface area contributed by atoms with Crippen LogP contribution in [-0.4, -0.2) is 23.8 Å². The maximum absolute atomic E-state index is 4.40. The van der Waals surface area contributed by atoms with Crippen molar-refractivity contribution in [3.8, 4) is 0 Å². The first kappa shape index (κ1) is 13.0. The topological polar surface area (TPSA) is 37.8 Å². The monoisotopic (exact) mass is 253 g/mol. The number of aryl methyl sites for hydroxylation is 1. The zero-order chi connectivity index (χ0) is 12.7. The van der Waals surface area contributed by atoms with Crippen molar-refractivity contribution in [3.05, 3.63) is 10.0 Å². The Hall–Kier alpha value is -0.480. The molecule has 0 bridgehead atoms. The summed E-state index contributed by atoms with van der Waals surface area (Å²) in [4.78, 5) is 0. The summed E-state index contributed by atoms with van der Waals surface area (Å²) in [6, 6.07) is 0. The Kier molecular flexibility index (Phi) is 3.29. The van der Waals surface area contributed by atoms with E-state index in [1.807, 2.05) is 18.4 Å². The third-order valence-electron chi connectivity index (χ3n) is 4.57. The van der Waals surface area contributed by atoms with E-state index in [1.165, 1.54) is 10.0 Å². The maximum Gasteiger partial charge on any atom is 0.121 e. The van der Waals surface area contributed by atoms with Crippen LogP contribution in [0.1, 0.15) is 50.0 Å². The van der Waals surface area contributed by atoms with E-state index in [2.05, 4.69) is 43.2 Å². The first-order valence-corrected chi connectivity index (χ1v) is 7.20. The average Bonchev–Trinajstić information content (AvgIpc) is 2.60. The fourth-order valence-corrected chi connectivity index (χ4v) is 4.07. The molecule has 1 aromatic heterocycles. The van der Waals surface area contributed by atoms with Crippen LogP contribution in [0.4, 0.5) is 0 Å². The zero-order valence-electron chi connectivity index (χ0n) is 11.5.